The van der Waals surface area contributed by atoms with Gasteiger partial charge < -0.3 is 9.64 Å². The molecule has 1 heterocycles. The van der Waals surface area contributed by atoms with Crippen LogP contribution in [0.3, 0.4) is 0 Å². The summed E-state index contributed by atoms with van der Waals surface area (Å²) in [5.74, 6) is -2.15. The van der Waals surface area contributed by atoms with Crippen LogP contribution in [0.5, 0.6) is 0 Å². The molecule has 1 aromatic carbocycles. The Morgan fingerprint density at radius 1 is 1.40 bits per heavy atom. The molecule has 0 bridgehead atoms. The number of methoxy groups -OCH3 is 1. The predicted molar refractivity (Wildman–Crippen MR) is 70.6 cm³/mol. The molecule has 0 amide bonds. The first-order valence-corrected chi connectivity index (χ1v) is 6.13. The SMILES string of the molecule is C=C1CC(C(=O)OC)=CN(Cc2ccc(F)c(F)c2)C1. The molecule has 0 aliphatic carbocycles. The maximum Gasteiger partial charge on any atom is 0.335 e. The fraction of sp³-hybridized carbons (Fsp3) is 0.267. The third-order valence-electron chi connectivity index (χ3n) is 3.02. The van der Waals surface area contributed by atoms with E-state index in [0.717, 1.165) is 17.7 Å². The number of hydrogen-bond donors (Lipinski definition) is 0. The number of benzene rings is 1. The van der Waals surface area contributed by atoms with Crippen LogP contribution in [0.2, 0.25) is 0 Å². The second-order valence-electron chi connectivity index (χ2n) is 4.73. The van der Waals surface area contributed by atoms with Crippen molar-refractivity contribution in [3.8, 4) is 0 Å². The minimum atomic E-state index is -0.879. The van der Waals surface area contributed by atoms with Crippen LogP contribution in [0, 0.1) is 11.6 Å². The van der Waals surface area contributed by atoms with E-state index in [1.807, 2.05) is 4.90 Å². The topological polar surface area (TPSA) is 29.5 Å². The lowest BCUT2D eigenvalue weighted by Gasteiger charge is -2.27. The number of halogens is 2. The van der Waals surface area contributed by atoms with Crippen LogP contribution in [-0.4, -0.2) is 24.5 Å². The van der Waals surface area contributed by atoms with Crippen LogP contribution in [0.15, 0.2) is 42.1 Å². The second kappa shape index (κ2) is 5.86. The van der Waals surface area contributed by atoms with Gasteiger partial charge in [-0.2, -0.15) is 0 Å². The standard InChI is InChI=1S/C15H15F2NO2/c1-10-5-12(15(19)20-2)9-18(7-10)8-11-3-4-13(16)14(17)6-11/h3-4,6,9H,1,5,7-8H2,2H3. The van der Waals surface area contributed by atoms with Gasteiger partial charge in [0.1, 0.15) is 0 Å². The van der Waals surface area contributed by atoms with E-state index in [4.69, 9.17) is 0 Å². The molecule has 0 radical (unpaired) electrons. The Labute approximate surface area is 116 Å². The van der Waals surface area contributed by atoms with E-state index in [1.165, 1.54) is 13.2 Å². The lowest BCUT2D eigenvalue weighted by Crippen LogP contribution is -2.26. The highest BCUT2D eigenvalue weighted by Crippen LogP contribution is 2.21. The molecule has 2 rings (SSSR count). The van der Waals surface area contributed by atoms with Crippen molar-refractivity contribution in [1.29, 1.82) is 0 Å². The van der Waals surface area contributed by atoms with E-state index in [1.54, 1.807) is 6.20 Å². The van der Waals surface area contributed by atoms with Crippen LogP contribution in [-0.2, 0) is 16.1 Å². The minimum Gasteiger partial charge on any atom is -0.466 e. The van der Waals surface area contributed by atoms with Crippen LogP contribution in [0.1, 0.15) is 12.0 Å². The average Bonchev–Trinajstić information content (AvgIpc) is 2.41. The molecule has 0 fully saturated rings. The van der Waals surface area contributed by atoms with Gasteiger partial charge in [-0.3, -0.25) is 0 Å². The molecule has 1 aromatic rings. The third-order valence-corrected chi connectivity index (χ3v) is 3.02. The van der Waals surface area contributed by atoms with E-state index in [9.17, 15) is 13.6 Å². The fourth-order valence-electron chi connectivity index (χ4n) is 2.15. The van der Waals surface area contributed by atoms with Crippen molar-refractivity contribution in [2.45, 2.75) is 13.0 Å². The Hall–Kier alpha value is -2.17. The second-order valence-corrected chi connectivity index (χ2v) is 4.73. The summed E-state index contributed by atoms with van der Waals surface area (Å²) in [7, 11) is 1.32. The third kappa shape index (κ3) is 3.23. The first kappa shape index (κ1) is 14.2. The number of nitrogens with zero attached hydrogens (tertiary/aromatic N) is 1. The number of esters is 1. The maximum absolute atomic E-state index is 13.2. The molecule has 106 valence electrons. The Balaban J connectivity index is 2.17. The molecular weight excluding hydrogens is 264 g/mol. The molecule has 0 saturated heterocycles. The lowest BCUT2D eigenvalue weighted by atomic mass is 10.0. The van der Waals surface area contributed by atoms with Gasteiger partial charge in [0.25, 0.3) is 0 Å². The van der Waals surface area contributed by atoms with Gasteiger partial charge in [0.2, 0.25) is 0 Å². The summed E-state index contributed by atoms with van der Waals surface area (Å²) < 4.78 is 30.7. The maximum atomic E-state index is 13.2. The number of carbonyl (C=O) groups is 1. The van der Waals surface area contributed by atoms with E-state index in [-0.39, 0.29) is 0 Å². The van der Waals surface area contributed by atoms with Crippen LogP contribution < -0.4 is 0 Å². The highest BCUT2D eigenvalue weighted by Gasteiger charge is 2.19. The van der Waals surface area contributed by atoms with Gasteiger partial charge in [-0.1, -0.05) is 18.2 Å². The summed E-state index contributed by atoms with van der Waals surface area (Å²) in [6.45, 7) is 4.82. The van der Waals surface area contributed by atoms with Gasteiger partial charge in [0, 0.05) is 25.7 Å². The van der Waals surface area contributed by atoms with Crippen LogP contribution >= 0.6 is 0 Å². The molecule has 0 saturated carbocycles. The largest absolute Gasteiger partial charge is 0.466 e. The highest BCUT2D eigenvalue weighted by molar-refractivity contribution is 5.89. The Morgan fingerprint density at radius 3 is 2.80 bits per heavy atom. The minimum absolute atomic E-state index is 0.372. The summed E-state index contributed by atoms with van der Waals surface area (Å²) >= 11 is 0. The highest BCUT2D eigenvalue weighted by atomic mass is 19.2. The zero-order valence-corrected chi connectivity index (χ0v) is 11.2. The monoisotopic (exact) mass is 279 g/mol. The summed E-state index contributed by atoms with van der Waals surface area (Å²) in [5.41, 5.74) is 2.00. The molecule has 1 aliphatic rings. The molecule has 3 nitrogen and oxygen atoms in total. The summed E-state index contributed by atoms with van der Waals surface area (Å²) in [5, 5.41) is 0. The summed E-state index contributed by atoms with van der Waals surface area (Å²) in [4.78, 5) is 13.4. The lowest BCUT2D eigenvalue weighted by molar-refractivity contribution is -0.136. The number of ether oxygens (including phenoxy) is 1. The van der Waals surface area contributed by atoms with Crippen LogP contribution in [0.25, 0.3) is 0 Å². The number of hydrogen-bond acceptors (Lipinski definition) is 3. The van der Waals surface area contributed by atoms with E-state index in [2.05, 4.69) is 11.3 Å². The Bertz CT molecular complexity index is 581. The van der Waals surface area contributed by atoms with Gasteiger partial charge >= 0.3 is 5.97 Å². The number of carbonyl (C=O) groups excluding carboxylic acids is 1. The van der Waals surface area contributed by atoms with E-state index >= 15 is 0 Å². The summed E-state index contributed by atoms with van der Waals surface area (Å²) in [6.07, 6.45) is 2.16. The fourth-order valence-corrected chi connectivity index (χ4v) is 2.15. The Morgan fingerprint density at radius 2 is 2.15 bits per heavy atom. The van der Waals surface area contributed by atoms with Crippen molar-refractivity contribution >= 4 is 5.97 Å². The van der Waals surface area contributed by atoms with Crippen molar-refractivity contribution in [3.05, 3.63) is 59.3 Å². The van der Waals surface area contributed by atoms with Crippen molar-refractivity contribution < 1.29 is 18.3 Å². The first-order valence-electron chi connectivity index (χ1n) is 6.13. The zero-order chi connectivity index (χ0) is 14.7. The normalized spacial score (nSPS) is 15.1. The molecule has 0 N–H and O–H groups in total. The quantitative estimate of drug-likeness (QED) is 0.629. The predicted octanol–water partition coefficient (Wildman–Crippen LogP) is 2.78. The average molecular weight is 279 g/mol. The molecule has 0 unspecified atom stereocenters. The zero-order valence-electron chi connectivity index (χ0n) is 11.2. The Kier molecular flexibility index (Phi) is 4.17. The van der Waals surface area contributed by atoms with Gasteiger partial charge in [-0.25, -0.2) is 13.6 Å². The molecule has 0 spiro atoms. The van der Waals surface area contributed by atoms with Crippen molar-refractivity contribution in [3.63, 3.8) is 0 Å². The van der Waals surface area contributed by atoms with Gasteiger partial charge in [-0.05, 0) is 17.7 Å². The molecule has 20 heavy (non-hydrogen) atoms. The smallest absolute Gasteiger partial charge is 0.335 e. The van der Waals surface area contributed by atoms with Crippen molar-refractivity contribution in [2.24, 2.45) is 0 Å². The molecule has 5 heteroatoms. The van der Waals surface area contributed by atoms with Gasteiger partial charge in [-0.15, -0.1) is 0 Å². The van der Waals surface area contributed by atoms with Crippen molar-refractivity contribution in [1.82, 2.24) is 4.90 Å². The van der Waals surface area contributed by atoms with Crippen molar-refractivity contribution in [2.75, 3.05) is 13.7 Å². The van der Waals surface area contributed by atoms with Crippen LogP contribution in [0.4, 0.5) is 8.78 Å². The molecule has 0 atom stereocenters. The van der Waals surface area contributed by atoms with Gasteiger partial charge in [0.05, 0.1) is 12.7 Å². The molecule has 0 aromatic heterocycles. The summed E-state index contributed by atoms with van der Waals surface area (Å²) in [6, 6.07) is 3.76. The van der Waals surface area contributed by atoms with E-state index in [0.29, 0.717) is 30.6 Å². The molecular formula is C15H15F2NO2. The first-order chi connectivity index (χ1) is 9.49. The number of rotatable bonds is 3. The van der Waals surface area contributed by atoms with Gasteiger partial charge in [0.15, 0.2) is 11.6 Å². The molecule has 1 aliphatic heterocycles. The van der Waals surface area contributed by atoms with E-state index < -0.39 is 17.6 Å².